The molecule has 114 valence electrons. The zero-order valence-corrected chi connectivity index (χ0v) is 12.5. The summed E-state index contributed by atoms with van der Waals surface area (Å²) in [6.45, 7) is 1.44. The predicted octanol–water partition coefficient (Wildman–Crippen LogP) is 0.455. The van der Waals surface area contributed by atoms with Gasteiger partial charge in [0, 0.05) is 6.04 Å². The summed E-state index contributed by atoms with van der Waals surface area (Å²) in [5, 5.41) is 2.56. The van der Waals surface area contributed by atoms with E-state index in [1.807, 2.05) is 13.0 Å². The fourth-order valence-corrected chi connectivity index (χ4v) is 3.84. The van der Waals surface area contributed by atoms with Crippen LogP contribution in [0.3, 0.4) is 0 Å². The van der Waals surface area contributed by atoms with E-state index in [2.05, 4.69) is 5.32 Å². The van der Waals surface area contributed by atoms with Crippen LogP contribution in [0.15, 0.2) is 24.3 Å². The van der Waals surface area contributed by atoms with Crippen molar-refractivity contribution in [2.24, 2.45) is 0 Å². The van der Waals surface area contributed by atoms with Gasteiger partial charge in [-0.1, -0.05) is 17.7 Å². The first kappa shape index (κ1) is 15.5. The zero-order chi connectivity index (χ0) is 15.5. The van der Waals surface area contributed by atoms with E-state index in [9.17, 15) is 18.0 Å². The van der Waals surface area contributed by atoms with E-state index < -0.39 is 28.3 Å². The minimum Gasteiger partial charge on any atom is -0.452 e. The number of sulfone groups is 1. The normalized spacial score (nSPS) is 20.0. The number of esters is 1. The number of ether oxygens (including phenoxy) is 1. The maximum Gasteiger partial charge on any atom is 0.338 e. The van der Waals surface area contributed by atoms with Crippen molar-refractivity contribution < 1.29 is 22.7 Å². The summed E-state index contributed by atoms with van der Waals surface area (Å²) < 4.78 is 27.4. The minimum absolute atomic E-state index is 0.0510. The van der Waals surface area contributed by atoms with Crippen LogP contribution in [-0.4, -0.2) is 44.4 Å². The Labute approximate surface area is 123 Å². The highest BCUT2D eigenvalue weighted by molar-refractivity contribution is 7.91. The van der Waals surface area contributed by atoms with E-state index in [1.165, 1.54) is 0 Å². The number of amides is 1. The molecule has 21 heavy (non-hydrogen) atoms. The van der Waals surface area contributed by atoms with Crippen LogP contribution in [0.5, 0.6) is 0 Å². The van der Waals surface area contributed by atoms with Crippen LogP contribution < -0.4 is 5.32 Å². The molecular formula is C14H17NO5S. The van der Waals surface area contributed by atoms with Crippen molar-refractivity contribution in [3.63, 3.8) is 0 Å². The smallest absolute Gasteiger partial charge is 0.338 e. The van der Waals surface area contributed by atoms with Crippen LogP contribution in [0.25, 0.3) is 0 Å². The molecule has 1 N–H and O–H groups in total. The van der Waals surface area contributed by atoms with Gasteiger partial charge < -0.3 is 10.1 Å². The van der Waals surface area contributed by atoms with Crippen molar-refractivity contribution in [2.75, 3.05) is 18.1 Å². The van der Waals surface area contributed by atoms with Crippen molar-refractivity contribution >= 4 is 21.7 Å². The molecule has 0 unspecified atom stereocenters. The summed E-state index contributed by atoms with van der Waals surface area (Å²) in [5.41, 5.74) is 1.30. The van der Waals surface area contributed by atoms with E-state index in [1.54, 1.807) is 18.2 Å². The van der Waals surface area contributed by atoms with Gasteiger partial charge in [-0.2, -0.15) is 0 Å². The van der Waals surface area contributed by atoms with Crippen LogP contribution in [0.4, 0.5) is 0 Å². The van der Waals surface area contributed by atoms with Crippen LogP contribution in [0, 0.1) is 6.92 Å². The van der Waals surface area contributed by atoms with Gasteiger partial charge in [0.15, 0.2) is 16.4 Å². The second kappa shape index (κ2) is 6.26. The number of benzene rings is 1. The number of nitrogens with one attached hydrogen (secondary N) is 1. The minimum atomic E-state index is -3.04. The number of rotatable bonds is 4. The molecule has 1 atom stereocenters. The van der Waals surface area contributed by atoms with Gasteiger partial charge in [0.2, 0.25) is 0 Å². The maximum absolute atomic E-state index is 11.7. The molecule has 1 amide bonds. The average molecular weight is 311 g/mol. The third kappa shape index (κ3) is 4.56. The van der Waals surface area contributed by atoms with Crippen molar-refractivity contribution in [2.45, 2.75) is 19.4 Å². The summed E-state index contributed by atoms with van der Waals surface area (Å²) in [7, 11) is -3.04. The van der Waals surface area contributed by atoms with Gasteiger partial charge in [-0.3, -0.25) is 4.79 Å². The number of carbonyl (C=O) groups is 2. The number of aryl methyl sites for hydroxylation is 1. The largest absolute Gasteiger partial charge is 0.452 e. The molecule has 0 spiro atoms. The molecule has 2 rings (SSSR count). The van der Waals surface area contributed by atoms with Gasteiger partial charge in [0.05, 0.1) is 17.1 Å². The zero-order valence-electron chi connectivity index (χ0n) is 11.7. The third-order valence-electron chi connectivity index (χ3n) is 3.19. The molecule has 7 heteroatoms. The molecule has 1 fully saturated rings. The van der Waals surface area contributed by atoms with Gasteiger partial charge >= 0.3 is 5.97 Å². The molecule has 0 radical (unpaired) electrons. The first-order valence-electron chi connectivity index (χ1n) is 6.59. The molecule has 1 aliphatic rings. The van der Waals surface area contributed by atoms with E-state index in [0.717, 1.165) is 5.56 Å². The topological polar surface area (TPSA) is 89.5 Å². The Morgan fingerprint density at radius 2 is 2.14 bits per heavy atom. The van der Waals surface area contributed by atoms with Gasteiger partial charge in [0.25, 0.3) is 5.91 Å². The van der Waals surface area contributed by atoms with Gasteiger partial charge in [-0.15, -0.1) is 0 Å². The Morgan fingerprint density at radius 1 is 1.38 bits per heavy atom. The summed E-state index contributed by atoms with van der Waals surface area (Å²) in [4.78, 5) is 23.4. The fraction of sp³-hybridized carbons (Fsp3) is 0.429. The van der Waals surface area contributed by atoms with Crippen molar-refractivity contribution in [1.82, 2.24) is 5.32 Å². The van der Waals surface area contributed by atoms with E-state index in [4.69, 9.17) is 4.74 Å². The van der Waals surface area contributed by atoms with Gasteiger partial charge in [0.1, 0.15) is 0 Å². The first-order valence-corrected chi connectivity index (χ1v) is 8.41. The average Bonchev–Trinajstić information content (AvgIpc) is 2.75. The van der Waals surface area contributed by atoms with Crippen LogP contribution in [0.1, 0.15) is 22.3 Å². The van der Waals surface area contributed by atoms with E-state index >= 15 is 0 Å². The molecule has 1 aliphatic heterocycles. The standard InChI is InChI=1S/C14H17NO5S/c1-10-3-2-4-11(7-10)14(17)20-8-13(16)15-12-5-6-21(18,19)9-12/h2-4,7,12H,5-6,8-9H2,1H3,(H,15,16)/t12-/m0/s1. The fourth-order valence-electron chi connectivity index (χ4n) is 2.16. The van der Waals surface area contributed by atoms with E-state index in [0.29, 0.717) is 12.0 Å². The Hall–Kier alpha value is -1.89. The highest BCUT2D eigenvalue weighted by Crippen LogP contribution is 2.11. The molecule has 1 saturated heterocycles. The summed E-state index contributed by atoms with van der Waals surface area (Å²) >= 11 is 0. The highest BCUT2D eigenvalue weighted by atomic mass is 32.2. The predicted molar refractivity (Wildman–Crippen MR) is 76.7 cm³/mol. The molecule has 0 aliphatic carbocycles. The van der Waals surface area contributed by atoms with Crippen LogP contribution in [-0.2, 0) is 19.4 Å². The lowest BCUT2D eigenvalue weighted by Crippen LogP contribution is -2.38. The molecule has 0 bridgehead atoms. The first-order chi connectivity index (χ1) is 9.85. The Balaban J connectivity index is 1.80. The summed E-state index contributed by atoms with van der Waals surface area (Å²) in [6, 6.07) is 6.47. The summed E-state index contributed by atoms with van der Waals surface area (Å²) in [6.07, 6.45) is 0.403. The second-order valence-corrected chi connectivity index (χ2v) is 7.34. The second-order valence-electron chi connectivity index (χ2n) is 5.11. The van der Waals surface area contributed by atoms with E-state index in [-0.39, 0.29) is 17.5 Å². The Morgan fingerprint density at radius 3 is 2.76 bits per heavy atom. The SMILES string of the molecule is Cc1cccc(C(=O)OCC(=O)N[C@H]2CCS(=O)(=O)C2)c1. The number of hydrogen-bond donors (Lipinski definition) is 1. The van der Waals surface area contributed by atoms with Crippen molar-refractivity contribution in [3.05, 3.63) is 35.4 Å². The molecule has 0 aromatic heterocycles. The third-order valence-corrected chi connectivity index (χ3v) is 4.95. The number of hydrogen-bond acceptors (Lipinski definition) is 5. The van der Waals surface area contributed by atoms with Gasteiger partial charge in [-0.25, -0.2) is 13.2 Å². The monoisotopic (exact) mass is 311 g/mol. The lowest BCUT2D eigenvalue weighted by atomic mass is 10.1. The Bertz CT molecular complexity index is 653. The maximum atomic E-state index is 11.7. The molecule has 0 saturated carbocycles. The Kier molecular flexibility index (Phi) is 4.62. The lowest BCUT2D eigenvalue weighted by molar-refractivity contribution is -0.124. The van der Waals surface area contributed by atoms with Gasteiger partial charge in [-0.05, 0) is 25.5 Å². The van der Waals surface area contributed by atoms with Crippen LogP contribution >= 0.6 is 0 Å². The van der Waals surface area contributed by atoms with Crippen LogP contribution in [0.2, 0.25) is 0 Å². The van der Waals surface area contributed by atoms with Crippen molar-refractivity contribution in [3.8, 4) is 0 Å². The number of carbonyl (C=O) groups excluding carboxylic acids is 2. The molecule has 1 aromatic rings. The molecule has 1 aromatic carbocycles. The molecule has 1 heterocycles. The highest BCUT2D eigenvalue weighted by Gasteiger charge is 2.29. The quantitative estimate of drug-likeness (QED) is 0.816. The van der Waals surface area contributed by atoms with Crippen molar-refractivity contribution in [1.29, 1.82) is 0 Å². The lowest BCUT2D eigenvalue weighted by Gasteiger charge is -2.11. The molecular weight excluding hydrogens is 294 g/mol. The summed E-state index contributed by atoms with van der Waals surface area (Å²) in [5.74, 6) is -1.03. The molecule has 6 nitrogen and oxygen atoms in total.